The first-order chi connectivity index (χ1) is 9.45. The Hall–Kier alpha value is -0.930. The lowest BCUT2D eigenvalue weighted by Gasteiger charge is -2.22. The molecule has 1 atom stereocenters. The Morgan fingerprint density at radius 2 is 1.95 bits per heavy atom. The van der Waals surface area contributed by atoms with Crippen molar-refractivity contribution in [3.05, 3.63) is 30.1 Å². The van der Waals surface area contributed by atoms with E-state index in [-0.39, 0.29) is 6.29 Å². The summed E-state index contributed by atoms with van der Waals surface area (Å²) in [7, 11) is 0. The topological polar surface area (TPSA) is 31.4 Å². The Morgan fingerprint density at radius 1 is 1.11 bits per heavy atom. The first-order valence-corrected chi connectivity index (χ1v) is 7.57. The van der Waals surface area contributed by atoms with E-state index in [2.05, 4.69) is 17.1 Å². The fraction of sp³-hybridized carbons (Fsp3) is 0.688. The molecule has 19 heavy (non-hydrogen) atoms. The van der Waals surface area contributed by atoms with Crippen molar-refractivity contribution in [2.75, 3.05) is 13.2 Å². The van der Waals surface area contributed by atoms with Gasteiger partial charge in [-0.1, -0.05) is 12.8 Å². The highest BCUT2D eigenvalue weighted by Crippen LogP contribution is 2.14. The lowest BCUT2D eigenvalue weighted by atomic mass is 10.1. The number of ether oxygens (including phenoxy) is 2. The van der Waals surface area contributed by atoms with Gasteiger partial charge in [-0.3, -0.25) is 4.98 Å². The standard InChI is InChI=1S/C16H25NO2/c1(3-7-15-9-11-17-12-10-15)2-5-13-18-16-8-4-6-14-19-16/h9-12,16H,1-8,13-14H2/t16-/m0/s1. The molecule has 1 aromatic rings. The summed E-state index contributed by atoms with van der Waals surface area (Å²) in [5.41, 5.74) is 1.39. The number of hydrogen-bond donors (Lipinski definition) is 0. The van der Waals surface area contributed by atoms with Gasteiger partial charge in [0.25, 0.3) is 0 Å². The summed E-state index contributed by atoms with van der Waals surface area (Å²) in [4.78, 5) is 4.03. The van der Waals surface area contributed by atoms with Crippen molar-refractivity contribution in [3.8, 4) is 0 Å². The van der Waals surface area contributed by atoms with Crippen molar-refractivity contribution >= 4 is 0 Å². The van der Waals surface area contributed by atoms with E-state index in [1.807, 2.05) is 12.4 Å². The Kier molecular flexibility index (Phi) is 6.90. The Morgan fingerprint density at radius 3 is 2.74 bits per heavy atom. The van der Waals surface area contributed by atoms with E-state index in [1.54, 1.807) is 0 Å². The molecule has 2 heterocycles. The van der Waals surface area contributed by atoms with Crippen LogP contribution >= 0.6 is 0 Å². The molecule has 0 saturated carbocycles. The van der Waals surface area contributed by atoms with E-state index in [4.69, 9.17) is 9.47 Å². The van der Waals surface area contributed by atoms with Crippen molar-refractivity contribution in [1.82, 2.24) is 4.98 Å². The van der Waals surface area contributed by atoms with Crippen LogP contribution in [0.3, 0.4) is 0 Å². The summed E-state index contributed by atoms with van der Waals surface area (Å²) in [5.74, 6) is 0. The van der Waals surface area contributed by atoms with Crippen LogP contribution in [0.2, 0.25) is 0 Å². The van der Waals surface area contributed by atoms with Crippen LogP contribution in [0.4, 0.5) is 0 Å². The first kappa shape index (κ1) is 14.5. The van der Waals surface area contributed by atoms with Crippen molar-refractivity contribution in [2.45, 2.75) is 57.7 Å². The average molecular weight is 263 g/mol. The second-order valence-electron chi connectivity index (χ2n) is 5.19. The zero-order valence-corrected chi connectivity index (χ0v) is 11.7. The number of rotatable bonds is 8. The predicted molar refractivity (Wildman–Crippen MR) is 76.0 cm³/mol. The molecule has 2 rings (SSSR count). The zero-order chi connectivity index (χ0) is 13.2. The lowest BCUT2D eigenvalue weighted by Crippen LogP contribution is -2.22. The zero-order valence-electron chi connectivity index (χ0n) is 11.7. The van der Waals surface area contributed by atoms with Crippen molar-refractivity contribution in [1.29, 1.82) is 0 Å². The Labute approximate surface area is 116 Å². The SMILES string of the molecule is c1cc(CCCCCCO[C@@H]2CCCCO2)ccn1. The molecule has 3 heteroatoms. The fourth-order valence-corrected chi connectivity index (χ4v) is 2.39. The minimum Gasteiger partial charge on any atom is -0.353 e. The number of nitrogens with zero attached hydrogens (tertiary/aromatic N) is 1. The molecule has 0 N–H and O–H groups in total. The fourth-order valence-electron chi connectivity index (χ4n) is 2.39. The van der Waals surface area contributed by atoms with Crippen LogP contribution in [0.5, 0.6) is 0 Å². The minimum atomic E-state index is 0.0746. The molecule has 0 bridgehead atoms. The van der Waals surface area contributed by atoms with Gasteiger partial charge in [0.2, 0.25) is 0 Å². The molecule has 0 aliphatic carbocycles. The highest BCUT2D eigenvalue weighted by Gasteiger charge is 2.13. The molecule has 1 aliphatic rings. The van der Waals surface area contributed by atoms with Crippen molar-refractivity contribution < 1.29 is 9.47 Å². The third kappa shape index (κ3) is 6.17. The van der Waals surface area contributed by atoms with Crippen LogP contribution in [0.25, 0.3) is 0 Å². The maximum absolute atomic E-state index is 5.72. The van der Waals surface area contributed by atoms with Gasteiger partial charge in [0.05, 0.1) is 0 Å². The molecule has 106 valence electrons. The number of pyridine rings is 1. The minimum absolute atomic E-state index is 0.0746. The molecular formula is C16H25NO2. The van der Waals surface area contributed by atoms with E-state index in [1.165, 1.54) is 37.7 Å². The monoisotopic (exact) mass is 263 g/mol. The highest BCUT2D eigenvalue weighted by molar-refractivity contribution is 5.09. The molecule has 1 saturated heterocycles. The summed E-state index contributed by atoms with van der Waals surface area (Å²) in [6.45, 7) is 1.72. The van der Waals surface area contributed by atoms with Gasteiger partial charge in [0, 0.05) is 25.6 Å². The predicted octanol–water partition coefficient (Wildman–Crippen LogP) is 3.73. The lowest BCUT2D eigenvalue weighted by molar-refractivity contribution is -0.162. The highest BCUT2D eigenvalue weighted by atomic mass is 16.7. The summed E-state index contributed by atoms with van der Waals surface area (Å²) < 4.78 is 11.3. The second kappa shape index (κ2) is 9.05. The van der Waals surface area contributed by atoms with Gasteiger partial charge in [0.15, 0.2) is 6.29 Å². The normalized spacial score (nSPS) is 19.5. The van der Waals surface area contributed by atoms with Crippen LogP contribution in [0.15, 0.2) is 24.5 Å². The molecular weight excluding hydrogens is 238 g/mol. The van der Waals surface area contributed by atoms with E-state index in [0.717, 1.165) is 32.5 Å². The van der Waals surface area contributed by atoms with Gasteiger partial charge in [-0.15, -0.1) is 0 Å². The van der Waals surface area contributed by atoms with E-state index in [0.29, 0.717) is 0 Å². The molecule has 0 aromatic carbocycles. The van der Waals surface area contributed by atoms with Crippen molar-refractivity contribution in [3.63, 3.8) is 0 Å². The van der Waals surface area contributed by atoms with Crippen molar-refractivity contribution in [2.24, 2.45) is 0 Å². The maximum atomic E-state index is 5.72. The van der Waals surface area contributed by atoms with Gasteiger partial charge in [-0.05, 0) is 56.2 Å². The molecule has 0 spiro atoms. The summed E-state index contributed by atoms with van der Waals surface area (Å²) >= 11 is 0. The molecule has 3 nitrogen and oxygen atoms in total. The Balaban J connectivity index is 1.42. The Bertz CT molecular complexity index is 323. The summed E-state index contributed by atoms with van der Waals surface area (Å²) in [5, 5.41) is 0. The molecule has 0 amide bonds. The largest absolute Gasteiger partial charge is 0.353 e. The van der Waals surface area contributed by atoms with Gasteiger partial charge < -0.3 is 9.47 Å². The summed E-state index contributed by atoms with van der Waals surface area (Å²) in [6, 6.07) is 4.20. The molecule has 0 unspecified atom stereocenters. The second-order valence-corrected chi connectivity index (χ2v) is 5.19. The van der Waals surface area contributed by atoms with Crippen LogP contribution in [0, 0.1) is 0 Å². The summed E-state index contributed by atoms with van der Waals surface area (Å²) in [6.07, 6.45) is 13.4. The molecule has 1 fully saturated rings. The molecule has 1 aromatic heterocycles. The smallest absolute Gasteiger partial charge is 0.157 e. The van der Waals surface area contributed by atoms with Crippen LogP contribution in [-0.4, -0.2) is 24.5 Å². The van der Waals surface area contributed by atoms with E-state index < -0.39 is 0 Å². The van der Waals surface area contributed by atoms with Crippen LogP contribution in [0.1, 0.15) is 50.5 Å². The van der Waals surface area contributed by atoms with Gasteiger partial charge in [-0.2, -0.15) is 0 Å². The molecule has 0 radical (unpaired) electrons. The quantitative estimate of drug-likeness (QED) is 0.670. The van der Waals surface area contributed by atoms with E-state index in [9.17, 15) is 0 Å². The number of hydrogen-bond acceptors (Lipinski definition) is 3. The van der Waals surface area contributed by atoms with Crippen LogP contribution < -0.4 is 0 Å². The average Bonchev–Trinajstić information content (AvgIpc) is 2.48. The van der Waals surface area contributed by atoms with Gasteiger partial charge >= 0.3 is 0 Å². The number of aromatic nitrogens is 1. The van der Waals surface area contributed by atoms with E-state index >= 15 is 0 Å². The number of unbranched alkanes of at least 4 members (excludes halogenated alkanes) is 3. The van der Waals surface area contributed by atoms with Gasteiger partial charge in [-0.25, -0.2) is 0 Å². The van der Waals surface area contributed by atoms with Gasteiger partial charge in [0.1, 0.15) is 0 Å². The molecule has 1 aliphatic heterocycles. The maximum Gasteiger partial charge on any atom is 0.157 e. The third-order valence-electron chi connectivity index (χ3n) is 3.55. The third-order valence-corrected chi connectivity index (χ3v) is 3.55. The first-order valence-electron chi connectivity index (χ1n) is 7.57. The van der Waals surface area contributed by atoms with Crippen LogP contribution in [-0.2, 0) is 15.9 Å². The number of aryl methyl sites for hydroxylation is 1.